The zero-order valence-corrected chi connectivity index (χ0v) is 66.6. The van der Waals surface area contributed by atoms with Gasteiger partial charge in [-0.25, -0.2) is 8.98 Å². The van der Waals surface area contributed by atoms with Gasteiger partial charge in [0.05, 0.1) is 19.6 Å². The average Bonchev–Trinajstić information content (AvgIpc) is 1.75. The van der Waals surface area contributed by atoms with Crippen LogP contribution in [0.3, 0.4) is 0 Å². The third kappa shape index (κ3) is 28.4. The highest BCUT2D eigenvalue weighted by atomic mass is 79.9. The van der Waals surface area contributed by atoms with E-state index in [-0.39, 0.29) is 45.2 Å². The molecular weight excluding hydrogens is 1590 g/mol. The van der Waals surface area contributed by atoms with Gasteiger partial charge in [0, 0.05) is 67.4 Å². The molecule has 115 heavy (non-hydrogen) atoms. The predicted octanol–water partition coefficient (Wildman–Crippen LogP) is -4.13. The van der Waals surface area contributed by atoms with Crippen LogP contribution in [-0.4, -0.2) is 241 Å². The van der Waals surface area contributed by atoms with Crippen LogP contribution in [0.15, 0.2) is 89.5 Å². The number of benzene rings is 3. The molecule has 13 atom stereocenters. The number of guanidine groups is 1. The number of para-hydroxylation sites is 1. The van der Waals surface area contributed by atoms with E-state index in [0.717, 1.165) is 18.4 Å². The fourth-order valence-corrected chi connectivity index (χ4v) is 13.2. The standard InChI is InChI=1S/C73H100BrN19O21S/c1-37(2)58(90-69(106)59(38(3)4)89-67(104)54-20-14-28-93(54)70(107)50(87-61(98)39(5)82-36-94)30-42-21-23-44(74)24-22-42)68(105)86-49(31-43-33-80-46-18-12-11-17-45(43)46)64(101)84-47(19-13-27-79-73(77)78)63(100)88-52(35-113-115(110,111)112)65(102)91-60-40(6)114-72(109)51(32-56(76)96)83-57(97)34-81-62(99)48(29-41-15-9-8-10-16-41)85-66(103)53(25-26-55(75)95)92(7)71(60)108/h8-12,15-18,21-24,33,36-40,47-54,58-60,80H,13-14,19-20,25-32,34-35H2,1-7H3,(H2,75,95)(H2,76,96)(H,81,99)(H,82,94)(H,83,97)(H,84,101)(H,85,103)(H,86,105)(H,87,98)(H,88,100)(H,89,104)(H,90,106)(H,91,102)(H4,77,78,79)(H,110,111,112)/t39-,40-,47+,48-,49-,50+,51-,52-,53+,54+,58+,59-,60+/m1/s1. The number of aromatic nitrogens is 1. The molecule has 0 unspecified atom stereocenters. The number of nitrogens with one attached hydrogen (secondary N) is 14. The van der Waals surface area contributed by atoms with Gasteiger partial charge >= 0.3 is 16.4 Å². The molecule has 4 aromatic rings. The van der Waals surface area contributed by atoms with Crippen LogP contribution in [-0.2, 0) is 115 Å². The fraction of sp³-hybridized carbons (Fsp3) is 0.493. The van der Waals surface area contributed by atoms with E-state index in [9.17, 15) is 75.3 Å². The van der Waals surface area contributed by atoms with Crippen molar-refractivity contribution in [3.8, 4) is 0 Å². The van der Waals surface area contributed by atoms with Crippen molar-refractivity contribution in [3.63, 3.8) is 0 Å². The van der Waals surface area contributed by atoms with E-state index in [2.05, 4.69) is 88.9 Å². The molecule has 0 spiro atoms. The summed E-state index contributed by atoms with van der Waals surface area (Å²) in [6, 6.07) is 2.18. The monoisotopic (exact) mass is 1690 g/mol. The van der Waals surface area contributed by atoms with Crippen molar-refractivity contribution in [1.29, 1.82) is 5.41 Å². The molecule has 0 saturated carbocycles. The van der Waals surface area contributed by atoms with Crippen LogP contribution in [0.1, 0.15) is 103 Å². The molecule has 0 bridgehead atoms. The zero-order chi connectivity index (χ0) is 85.1. The third-order valence-electron chi connectivity index (χ3n) is 18.9. The lowest BCUT2D eigenvalue weighted by Crippen LogP contribution is -2.63. The number of carbonyl (C=O) groups excluding carboxylic acids is 16. The summed E-state index contributed by atoms with van der Waals surface area (Å²) in [5.74, 6) is -18.1. The number of halogens is 1. The minimum atomic E-state index is -5.55. The first-order valence-corrected chi connectivity index (χ1v) is 39.0. The van der Waals surface area contributed by atoms with Gasteiger partial charge in [-0.15, -0.1) is 0 Å². The van der Waals surface area contributed by atoms with Gasteiger partial charge in [0.2, 0.25) is 89.1 Å². The topological polar surface area (TPSA) is 614 Å². The van der Waals surface area contributed by atoms with Crippen molar-refractivity contribution in [3.05, 3.63) is 106 Å². The Kier molecular flexibility index (Phi) is 34.9. The number of rotatable bonds is 37. The summed E-state index contributed by atoms with van der Waals surface area (Å²) < 4.78 is 45.5. The summed E-state index contributed by atoms with van der Waals surface area (Å²) in [6.07, 6.45) is -2.88. The Bertz CT molecular complexity index is 4330. The van der Waals surface area contributed by atoms with Crippen LogP contribution in [0.5, 0.6) is 0 Å². The molecule has 3 aromatic carbocycles. The largest absolute Gasteiger partial charge is 0.458 e. The molecule has 2 fully saturated rings. The molecule has 21 N–H and O–H groups in total. The van der Waals surface area contributed by atoms with Gasteiger partial charge in [-0.3, -0.25) is 81.9 Å². The number of likely N-dealkylation sites (tertiary alicyclic amines) is 1. The van der Waals surface area contributed by atoms with Crippen LogP contribution >= 0.6 is 15.9 Å². The maximum absolute atomic E-state index is 15.2. The highest BCUT2D eigenvalue weighted by Crippen LogP contribution is 2.24. The predicted molar refractivity (Wildman–Crippen MR) is 414 cm³/mol. The molecule has 6 rings (SSSR count). The summed E-state index contributed by atoms with van der Waals surface area (Å²) in [6.45, 7) is 6.35. The maximum Gasteiger partial charge on any atom is 0.397 e. The SMILES string of the molecule is CC(C)[C@H](NC(=O)[C@H](NC(=O)[C@@H]1CCCN1C(=O)[C@H](Cc1ccc(Br)cc1)NC(=O)[C@@H](C)NC=O)C(C)C)C(=O)N[C@H](Cc1c[nH]c2ccccc12)C(=O)N[C@@H](CCCNC(=N)N)C(=O)N[C@H](COS(=O)(=O)O)C(=O)N[C@@H]1C(=O)N(C)[C@@H](CCC(N)=O)C(=O)N[C@H](Cc2ccccc2)C(=O)NCC(=O)N[C@H](CC(N)=O)C(=O)O[C@@H]1C. The molecule has 40 nitrogen and oxygen atoms in total. The molecule has 42 heteroatoms. The molecule has 1 aromatic heterocycles. The number of likely N-dealkylation sites (N-methyl/N-ethyl adjacent to an activating group) is 1. The number of fused-ring (bicyclic) bond motifs is 1. The highest BCUT2D eigenvalue weighted by Gasteiger charge is 2.44. The number of aromatic amines is 1. The smallest absolute Gasteiger partial charge is 0.397 e. The van der Waals surface area contributed by atoms with E-state index < -0.39 is 234 Å². The van der Waals surface area contributed by atoms with Gasteiger partial charge in [-0.05, 0) is 92.7 Å². The second kappa shape index (κ2) is 43.6. The summed E-state index contributed by atoms with van der Waals surface area (Å²) >= 11 is 3.39. The minimum Gasteiger partial charge on any atom is -0.458 e. The van der Waals surface area contributed by atoms with E-state index in [1.54, 1.807) is 113 Å². The van der Waals surface area contributed by atoms with Gasteiger partial charge in [-0.2, -0.15) is 8.42 Å². The number of nitrogens with two attached hydrogens (primary N) is 3. The normalized spacial score (nSPS) is 19.6. The number of carbonyl (C=O) groups is 16. The minimum absolute atomic E-state index is 0.00470. The summed E-state index contributed by atoms with van der Waals surface area (Å²) in [4.78, 5) is 229. The molecule has 2 aliphatic heterocycles. The number of hydrogen-bond acceptors (Lipinski definition) is 21. The van der Waals surface area contributed by atoms with Crippen molar-refractivity contribution in [2.24, 2.45) is 29.0 Å². The Morgan fingerprint density at radius 3 is 1.97 bits per heavy atom. The first-order valence-electron chi connectivity index (χ1n) is 36.8. The van der Waals surface area contributed by atoms with Crippen molar-refractivity contribution in [2.75, 3.05) is 33.3 Å². The summed E-state index contributed by atoms with van der Waals surface area (Å²) in [5.41, 5.74) is 18.7. The maximum atomic E-state index is 15.2. The van der Waals surface area contributed by atoms with E-state index >= 15 is 14.4 Å². The van der Waals surface area contributed by atoms with Gasteiger partial charge in [0.1, 0.15) is 78.6 Å². The van der Waals surface area contributed by atoms with Crippen molar-refractivity contribution >= 4 is 138 Å². The molecule has 626 valence electrons. The van der Waals surface area contributed by atoms with E-state index in [4.69, 9.17) is 27.3 Å². The third-order valence-corrected chi connectivity index (χ3v) is 19.8. The highest BCUT2D eigenvalue weighted by molar-refractivity contribution is 9.10. The van der Waals surface area contributed by atoms with Crippen LogP contribution in [0, 0.1) is 17.2 Å². The molecule has 15 amide bonds. The number of amides is 15. The lowest BCUT2D eigenvalue weighted by atomic mass is 9.98. The average molecular weight is 1690 g/mol. The lowest BCUT2D eigenvalue weighted by molar-refractivity contribution is -0.159. The van der Waals surface area contributed by atoms with Crippen LogP contribution in [0.25, 0.3) is 10.9 Å². The van der Waals surface area contributed by atoms with Crippen molar-refractivity contribution < 1.29 is 98.6 Å². The number of primary amides is 2. The number of esters is 1. The van der Waals surface area contributed by atoms with Crippen molar-refractivity contribution in [2.45, 2.75) is 184 Å². The Morgan fingerprint density at radius 1 is 0.722 bits per heavy atom. The first kappa shape index (κ1) is 92.2. The second-order valence-corrected chi connectivity index (χ2v) is 30.4. The molecular formula is C73H100BrN19O21S. The number of H-pyrrole nitrogens is 1. The summed E-state index contributed by atoms with van der Waals surface area (Å²) in [7, 11) is -4.55. The molecule has 0 aliphatic carbocycles. The van der Waals surface area contributed by atoms with Gasteiger partial charge < -0.3 is 101 Å². The number of ether oxygens (including phenoxy) is 1. The molecule has 2 aliphatic rings. The molecule has 3 heterocycles. The number of hydrogen-bond donors (Lipinski definition) is 18. The fourth-order valence-electron chi connectivity index (χ4n) is 12.6. The first-order chi connectivity index (χ1) is 54.2. The Hall–Kier alpha value is -11.7. The second-order valence-electron chi connectivity index (χ2n) is 28.3. The van der Waals surface area contributed by atoms with Crippen LogP contribution in [0.2, 0.25) is 0 Å². The van der Waals surface area contributed by atoms with Crippen LogP contribution in [0.4, 0.5) is 0 Å². The van der Waals surface area contributed by atoms with Crippen molar-refractivity contribution in [1.82, 2.24) is 78.6 Å². The van der Waals surface area contributed by atoms with Gasteiger partial charge in [-0.1, -0.05) is 104 Å². The van der Waals surface area contributed by atoms with E-state index in [1.165, 1.54) is 11.8 Å². The van der Waals surface area contributed by atoms with E-state index in [0.29, 0.717) is 45.3 Å². The number of cyclic esters (lactones) is 1. The van der Waals surface area contributed by atoms with Gasteiger partial charge in [0.25, 0.3) is 0 Å². The molecule has 0 radical (unpaired) electrons. The quantitative estimate of drug-likeness (QED) is 0.00509. The molecule has 2 saturated heterocycles. The van der Waals surface area contributed by atoms with Crippen LogP contribution < -0.4 is 81.0 Å². The van der Waals surface area contributed by atoms with Gasteiger partial charge in [0.15, 0.2) is 5.96 Å². The Labute approximate surface area is 670 Å². The van der Waals surface area contributed by atoms with E-state index in [1.807, 2.05) is 0 Å². The summed E-state index contributed by atoms with van der Waals surface area (Å²) in [5, 5.41) is 38.1. The number of nitrogens with zero attached hydrogens (tertiary/aromatic N) is 2. The Morgan fingerprint density at radius 2 is 1.34 bits per heavy atom. The lowest BCUT2D eigenvalue weighted by Gasteiger charge is -2.34. The zero-order valence-electron chi connectivity index (χ0n) is 64.2. The Balaban J connectivity index is 1.32.